The Bertz CT molecular complexity index is 375. The van der Waals surface area contributed by atoms with Crippen molar-refractivity contribution in [1.29, 1.82) is 0 Å². The molecule has 1 fully saturated rings. The van der Waals surface area contributed by atoms with Crippen molar-refractivity contribution in [2.75, 3.05) is 18.8 Å². The third-order valence-electron chi connectivity index (χ3n) is 3.29. The van der Waals surface area contributed by atoms with Gasteiger partial charge in [-0.05, 0) is 26.2 Å². The first-order valence-corrected chi connectivity index (χ1v) is 8.09. The Balaban J connectivity index is 2.44. The number of carbonyl (C=O) groups is 1. The van der Waals surface area contributed by atoms with E-state index in [1.54, 1.807) is 11.8 Å². The maximum atomic E-state index is 11.8. The fraction of sp³-hybridized carbons (Fsp3) is 0.909. The molecule has 0 radical (unpaired) electrons. The third-order valence-corrected chi connectivity index (χ3v) is 4.74. The summed E-state index contributed by atoms with van der Waals surface area (Å²) in [7, 11) is -3.16. The van der Waals surface area contributed by atoms with E-state index in [0.29, 0.717) is 32.4 Å². The van der Waals surface area contributed by atoms with Gasteiger partial charge < -0.3 is 10.6 Å². The number of hydrogen-bond donors (Lipinski definition) is 2. The maximum absolute atomic E-state index is 11.8. The third kappa shape index (κ3) is 4.22. The zero-order valence-electron chi connectivity index (χ0n) is 11.1. The van der Waals surface area contributed by atoms with Crippen LogP contribution in [0.25, 0.3) is 0 Å². The molecule has 1 unspecified atom stereocenters. The molecule has 0 spiro atoms. The molecule has 6 nitrogen and oxygen atoms in total. The first kappa shape index (κ1) is 15.4. The van der Waals surface area contributed by atoms with Crippen molar-refractivity contribution in [3.05, 3.63) is 0 Å². The van der Waals surface area contributed by atoms with E-state index in [2.05, 4.69) is 4.72 Å². The van der Waals surface area contributed by atoms with Crippen LogP contribution in [-0.4, -0.2) is 50.2 Å². The molecule has 1 atom stereocenters. The lowest BCUT2D eigenvalue weighted by molar-refractivity contribution is -0.133. The smallest absolute Gasteiger partial charge is 0.239 e. The van der Waals surface area contributed by atoms with Crippen LogP contribution >= 0.6 is 0 Å². The number of amides is 1. The molecule has 1 rings (SSSR count). The van der Waals surface area contributed by atoms with Crippen LogP contribution < -0.4 is 10.5 Å². The van der Waals surface area contributed by atoms with Gasteiger partial charge in [-0.1, -0.05) is 6.92 Å². The highest BCUT2D eigenvalue weighted by Gasteiger charge is 2.27. The molecular weight excluding hydrogens is 254 g/mol. The number of nitrogens with zero attached hydrogens (tertiary/aromatic N) is 1. The van der Waals surface area contributed by atoms with Gasteiger partial charge in [0.05, 0.1) is 11.8 Å². The molecule has 106 valence electrons. The Morgan fingerprint density at radius 1 is 1.39 bits per heavy atom. The zero-order chi connectivity index (χ0) is 13.8. The van der Waals surface area contributed by atoms with Crippen LogP contribution in [0.3, 0.4) is 0 Å². The molecule has 0 aromatic heterocycles. The van der Waals surface area contributed by atoms with Crippen LogP contribution in [0, 0.1) is 0 Å². The van der Waals surface area contributed by atoms with Crippen LogP contribution in [0.1, 0.15) is 33.1 Å². The summed E-state index contributed by atoms with van der Waals surface area (Å²) < 4.78 is 25.5. The van der Waals surface area contributed by atoms with Gasteiger partial charge >= 0.3 is 0 Å². The minimum Gasteiger partial charge on any atom is -0.341 e. The summed E-state index contributed by atoms with van der Waals surface area (Å²) in [5.74, 6) is 0.0571. The Morgan fingerprint density at radius 2 is 1.94 bits per heavy atom. The van der Waals surface area contributed by atoms with E-state index in [-0.39, 0.29) is 17.7 Å². The second-order valence-electron chi connectivity index (χ2n) is 4.64. The number of piperidine rings is 1. The van der Waals surface area contributed by atoms with Gasteiger partial charge in [-0.2, -0.15) is 0 Å². The largest absolute Gasteiger partial charge is 0.341 e. The van der Waals surface area contributed by atoms with Crippen molar-refractivity contribution in [1.82, 2.24) is 9.62 Å². The number of nitrogens with two attached hydrogens (primary N) is 1. The van der Waals surface area contributed by atoms with E-state index in [0.717, 1.165) is 0 Å². The van der Waals surface area contributed by atoms with Crippen molar-refractivity contribution >= 4 is 15.9 Å². The molecule has 1 saturated heterocycles. The van der Waals surface area contributed by atoms with E-state index in [9.17, 15) is 13.2 Å². The molecule has 7 heteroatoms. The van der Waals surface area contributed by atoms with Crippen molar-refractivity contribution in [3.63, 3.8) is 0 Å². The van der Waals surface area contributed by atoms with E-state index < -0.39 is 16.1 Å². The predicted octanol–water partition coefficient (Wildman–Crippen LogP) is -0.346. The van der Waals surface area contributed by atoms with Gasteiger partial charge in [0.15, 0.2) is 0 Å². The second kappa shape index (κ2) is 6.49. The fourth-order valence-corrected chi connectivity index (χ4v) is 2.87. The normalized spacial score (nSPS) is 19.8. The average molecular weight is 277 g/mol. The molecule has 0 bridgehead atoms. The van der Waals surface area contributed by atoms with Crippen LogP contribution in [-0.2, 0) is 14.8 Å². The Kier molecular flexibility index (Phi) is 5.55. The van der Waals surface area contributed by atoms with Gasteiger partial charge in [-0.3, -0.25) is 4.79 Å². The van der Waals surface area contributed by atoms with Crippen molar-refractivity contribution in [2.45, 2.75) is 45.2 Å². The van der Waals surface area contributed by atoms with Crippen molar-refractivity contribution < 1.29 is 13.2 Å². The van der Waals surface area contributed by atoms with Crippen LogP contribution in [0.5, 0.6) is 0 Å². The summed E-state index contributed by atoms with van der Waals surface area (Å²) in [5, 5.41) is 0. The van der Waals surface area contributed by atoms with Crippen LogP contribution in [0.4, 0.5) is 0 Å². The predicted molar refractivity (Wildman–Crippen MR) is 70.5 cm³/mol. The Hall–Kier alpha value is -0.660. The Labute approximate surface area is 109 Å². The van der Waals surface area contributed by atoms with E-state index >= 15 is 0 Å². The van der Waals surface area contributed by atoms with Gasteiger partial charge in [-0.15, -0.1) is 0 Å². The number of nitrogens with one attached hydrogen (secondary N) is 1. The van der Waals surface area contributed by atoms with E-state index in [4.69, 9.17) is 5.73 Å². The summed E-state index contributed by atoms with van der Waals surface area (Å²) in [6, 6.07) is -0.495. The van der Waals surface area contributed by atoms with E-state index in [1.165, 1.54) is 0 Å². The SMILES string of the molecule is CCC(N)C(=O)N1CCC(NS(=O)(=O)CC)CC1. The summed E-state index contributed by atoms with van der Waals surface area (Å²) in [5.41, 5.74) is 5.70. The van der Waals surface area contributed by atoms with Crippen LogP contribution in [0.2, 0.25) is 0 Å². The molecule has 1 aliphatic rings. The molecular formula is C11H23N3O3S. The van der Waals surface area contributed by atoms with Gasteiger partial charge in [0.1, 0.15) is 0 Å². The molecule has 3 N–H and O–H groups in total. The lowest BCUT2D eigenvalue weighted by atomic mass is 10.0. The lowest BCUT2D eigenvalue weighted by Crippen LogP contribution is -2.50. The van der Waals surface area contributed by atoms with Crippen LogP contribution in [0.15, 0.2) is 0 Å². The molecule has 0 saturated carbocycles. The van der Waals surface area contributed by atoms with Gasteiger partial charge in [0.2, 0.25) is 15.9 Å². The highest BCUT2D eigenvalue weighted by molar-refractivity contribution is 7.89. The molecule has 0 aromatic carbocycles. The first-order chi connectivity index (χ1) is 8.39. The molecule has 1 aliphatic heterocycles. The summed E-state index contributed by atoms with van der Waals surface area (Å²) >= 11 is 0. The Morgan fingerprint density at radius 3 is 2.39 bits per heavy atom. The molecule has 1 amide bonds. The summed E-state index contributed by atoms with van der Waals surface area (Å²) in [6.45, 7) is 4.64. The van der Waals surface area contributed by atoms with Gasteiger partial charge in [0, 0.05) is 19.1 Å². The first-order valence-electron chi connectivity index (χ1n) is 6.44. The maximum Gasteiger partial charge on any atom is 0.239 e. The monoisotopic (exact) mass is 277 g/mol. The number of carbonyl (C=O) groups excluding carboxylic acids is 1. The summed E-state index contributed by atoms with van der Waals surface area (Å²) in [4.78, 5) is 13.6. The van der Waals surface area contributed by atoms with E-state index in [1.807, 2.05) is 6.92 Å². The zero-order valence-corrected chi connectivity index (χ0v) is 11.9. The highest BCUT2D eigenvalue weighted by Crippen LogP contribution is 2.12. The number of rotatable bonds is 5. The molecule has 0 aromatic rings. The highest BCUT2D eigenvalue weighted by atomic mass is 32.2. The second-order valence-corrected chi connectivity index (χ2v) is 6.68. The molecule has 0 aliphatic carbocycles. The minimum absolute atomic E-state index is 0.0331. The van der Waals surface area contributed by atoms with Gasteiger partial charge in [0.25, 0.3) is 0 Å². The standard InChI is InChI=1S/C11H23N3O3S/c1-3-10(12)11(15)14-7-5-9(6-8-14)13-18(16,17)4-2/h9-10,13H,3-8,12H2,1-2H3. The quantitative estimate of drug-likeness (QED) is 0.718. The van der Waals surface area contributed by atoms with Crippen molar-refractivity contribution in [2.24, 2.45) is 5.73 Å². The minimum atomic E-state index is -3.16. The number of sulfonamides is 1. The number of likely N-dealkylation sites (tertiary alicyclic amines) is 1. The lowest BCUT2D eigenvalue weighted by Gasteiger charge is -2.33. The fourth-order valence-electron chi connectivity index (χ4n) is 1.96. The average Bonchev–Trinajstić information content (AvgIpc) is 2.37. The topological polar surface area (TPSA) is 92.5 Å². The summed E-state index contributed by atoms with van der Waals surface area (Å²) in [6.07, 6.45) is 1.93. The van der Waals surface area contributed by atoms with Crippen molar-refractivity contribution in [3.8, 4) is 0 Å². The molecule has 1 heterocycles. The number of hydrogen-bond acceptors (Lipinski definition) is 4. The van der Waals surface area contributed by atoms with Gasteiger partial charge in [-0.25, -0.2) is 13.1 Å². The molecule has 18 heavy (non-hydrogen) atoms.